The lowest BCUT2D eigenvalue weighted by Gasteiger charge is -2.34. The molecule has 0 aromatic heterocycles. The summed E-state index contributed by atoms with van der Waals surface area (Å²) >= 11 is 3.53. The van der Waals surface area contributed by atoms with Crippen LogP contribution in [-0.2, 0) is 0 Å². The molecule has 0 bridgehead atoms. The van der Waals surface area contributed by atoms with Gasteiger partial charge in [0.15, 0.2) is 0 Å². The highest BCUT2D eigenvalue weighted by Gasteiger charge is 2.29. The summed E-state index contributed by atoms with van der Waals surface area (Å²) in [6, 6.07) is 7.20. The lowest BCUT2D eigenvalue weighted by molar-refractivity contribution is 0.683. The molecular formula is C11H13BrN2. The maximum absolute atomic E-state index is 3.53. The standard InChI is InChI=1S/C11H13BrN2/c12-8-3-4-10-11(6-8)14-5-1-2-9(14)7-13-10/h3-4,6,9,13H,1-2,5,7H2. The Morgan fingerprint density at radius 2 is 2.36 bits per heavy atom. The number of hydrogen-bond acceptors (Lipinski definition) is 2. The second-order valence-electron chi connectivity index (χ2n) is 4.03. The van der Waals surface area contributed by atoms with Crippen molar-refractivity contribution in [3.05, 3.63) is 22.7 Å². The van der Waals surface area contributed by atoms with Crippen molar-refractivity contribution in [2.45, 2.75) is 18.9 Å². The van der Waals surface area contributed by atoms with E-state index in [1.165, 1.54) is 35.2 Å². The number of hydrogen-bond donors (Lipinski definition) is 1. The summed E-state index contributed by atoms with van der Waals surface area (Å²) in [4.78, 5) is 2.54. The van der Waals surface area contributed by atoms with E-state index in [0.717, 1.165) is 12.6 Å². The van der Waals surface area contributed by atoms with E-state index < -0.39 is 0 Å². The van der Waals surface area contributed by atoms with Crippen LogP contribution in [0.1, 0.15) is 12.8 Å². The van der Waals surface area contributed by atoms with E-state index in [1.807, 2.05) is 0 Å². The van der Waals surface area contributed by atoms with Crippen LogP contribution in [0.25, 0.3) is 0 Å². The monoisotopic (exact) mass is 252 g/mol. The minimum Gasteiger partial charge on any atom is -0.381 e. The molecule has 0 spiro atoms. The summed E-state index contributed by atoms with van der Waals surface area (Å²) < 4.78 is 1.17. The summed E-state index contributed by atoms with van der Waals surface area (Å²) in [6.45, 7) is 2.32. The molecule has 74 valence electrons. The molecular weight excluding hydrogens is 240 g/mol. The lowest BCUT2D eigenvalue weighted by atomic mass is 10.1. The Morgan fingerprint density at radius 3 is 3.29 bits per heavy atom. The highest BCUT2D eigenvalue weighted by atomic mass is 79.9. The smallest absolute Gasteiger partial charge is 0.0616 e. The van der Waals surface area contributed by atoms with E-state index in [9.17, 15) is 0 Å². The van der Waals surface area contributed by atoms with Crippen molar-refractivity contribution in [3.63, 3.8) is 0 Å². The molecule has 3 heteroatoms. The van der Waals surface area contributed by atoms with Gasteiger partial charge in [0.1, 0.15) is 0 Å². The molecule has 0 saturated carbocycles. The molecule has 1 N–H and O–H groups in total. The van der Waals surface area contributed by atoms with Gasteiger partial charge in [-0.25, -0.2) is 0 Å². The Morgan fingerprint density at radius 1 is 1.43 bits per heavy atom. The summed E-state index contributed by atoms with van der Waals surface area (Å²) in [5.74, 6) is 0. The van der Waals surface area contributed by atoms with Crippen molar-refractivity contribution in [2.24, 2.45) is 0 Å². The number of nitrogens with one attached hydrogen (secondary N) is 1. The fraction of sp³-hybridized carbons (Fsp3) is 0.455. The normalized spacial score (nSPS) is 24.1. The summed E-state index contributed by atoms with van der Waals surface area (Å²) in [7, 11) is 0. The quantitative estimate of drug-likeness (QED) is 0.764. The summed E-state index contributed by atoms with van der Waals surface area (Å²) in [5.41, 5.74) is 2.65. The molecule has 2 heterocycles. The molecule has 0 amide bonds. The zero-order chi connectivity index (χ0) is 9.54. The molecule has 3 rings (SSSR count). The van der Waals surface area contributed by atoms with Gasteiger partial charge < -0.3 is 10.2 Å². The second kappa shape index (κ2) is 3.16. The summed E-state index contributed by atoms with van der Waals surface area (Å²) in [5, 5.41) is 3.50. The van der Waals surface area contributed by atoms with Crippen LogP contribution in [0.15, 0.2) is 22.7 Å². The predicted octanol–water partition coefficient (Wildman–Crippen LogP) is 2.84. The Kier molecular flexibility index (Phi) is 1.94. The largest absolute Gasteiger partial charge is 0.381 e. The van der Waals surface area contributed by atoms with Gasteiger partial charge in [0.05, 0.1) is 11.4 Å². The molecule has 2 nitrogen and oxygen atoms in total. The van der Waals surface area contributed by atoms with Crippen LogP contribution < -0.4 is 10.2 Å². The predicted molar refractivity (Wildman–Crippen MR) is 63.0 cm³/mol. The van der Waals surface area contributed by atoms with E-state index in [0.29, 0.717) is 0 Å². The number of rotatable bonds is 0. The third-order valence-electron chi connectivity index (χ3n) is 3.17. The molecule has 0 aliphatic carbocycles. The van der Waals surface area contributed by atoms with Crippen molar-refractivity contribution in [1.29, 1.82) is 0 Å². The minimum absolute atomic E-state index is 0.719. The van der Waals surface area contributed by atoms with Gasteiger partial charge in [-0.2, -0.15) is 0 Å². The molecule has 0 radical (unpaired) electrons. The van der Waals surface area contributed by atoms with Crippen LogP contribution in [0.4, 0.5) is 11.4 Å². The number of halogens is 1. The number of anilines is 2. The van der Waals surface area contributed by atoms with Crippen molar-refractivity contribution in [1.82, 2.24) is 0 Å². The van der Waals surface area contributed by atoms with Gasteiger partial charge in [0.25, 0.3) is 0 Å². The molecule has 1 aromatic rings. The second-order valence-corrected chi connectivity index (χ2v) is 4.95. The highest BCUT2D eigenvalue weighted by Crippen LogP contribution is 2.37. The Labute approximate surface area is 92.4 Å². The van der Waals surface area contributed by atoms with Crippen molar-refractivity contribution in [3.8, 4) is 0 Å². The van der Waals surface area contributed by atoms with Gasteiger partial charge >= 0.3 is 0 Å². The van der Waals surface area contributed by atoms with Crippen LogP contribution in [0.2, 0.25) is 0 Å². The first-order chi connectivity index (χ1) is 6.84. The summed E-state index contributed by atoms with van der Waals surface area (Å²) in [6.07, 6.45) is 2.66. The Balaban J connectivity index is 2.07. The van der Waals surface area contributed by atoms with E-state index in [1.54, 1.807) is 0 Å². The van der Waals surface area contributed by atoms with Crippen LogP contribution in [0.5, 0.6) is 0 Å². The van der Waals surface area contributed by atoms with E-state index in [-0.39, 0.29) is 0 Å². The third kappa shape index (κ3) is 1.22. The maximum atomic E-state index is 3.53. The molecule has 1 unspecified atom stereocenters. The van der Waals surface area contributed by atoms with Crippen molar-refractivity contribution < 1.29 is 0 Å². The van der Waals surface area contributed by atoms with E-state index in [4.69, 9.17) is 0 Å². The topological polar surface area (TPSA) is 15.3 Å². The van der Waals surface area contributed by atoms with E-state index >= 15 is 0 Å². The SMILES string of the molecule is Brc1ccc2c(c1)N1CCCC1CN2. The van der Waals surface area contributed by atoms with Gasteiger partial charge in [-0.15, -0.1) is 0 Å². The fourth-order valence-corrected chi connectivity index (χ4v) is 2.83. The van der Waals surface area contributed by atoms with Crippen LogP contribution in [-0.4, -0.2) is 19.1 Å². The third-order valence-corrected chi connectivity index (χ3v) is 3.67. The van der Waals surface area contributed by atoms with Gasteiger partial charge in [0, 0.05) is 23.6 Å². The number of fused-ring (bicyclic) bond motifs is 3. The minimum atomic E-state index is 0.719. The van der Waals surface area contributed by atoms with Crippen LogP contribution >= 0.6 is 15.9 Å². The van der Waals surface area contributed by atoms with Crippen LogP contribution in [0.3, 0.4) is 0 Å². The maximum Gasteiger partial charge on any atom is 0.0616 e. The molecule has 1 saturated heterocycles. The number of nitrogens with zero attached hydrogens (tertiary/aromatic N) is 1. The van der Waals surface area contributed by atoms with Crippen molar-refractivity contribution in [2.75, 3.05) is 23.3 Å². The van der Waals surface area contributed by atoms with Gasteiger partial charge in [-0.05, 0) is 31.0 Å². The van der Waals surface area contributed by atoms with Gasteiger partial charge in [0.2, 0.25) is 0 Å². The first-order valence-corrected chi connectivity index (χ1v) is 5.94. The molecule has 1 fully saturated rings. The Hall–Kier alpha value is -0.700. The van der Waals surface area contributed by atoms with Crippen molar-refractivity contribution >= 4 is 27.3 Å². The van der Waals surface area contributed by atoms with Crippen LogP contribution in [0, 0.1) is 0 Å². The zero-order valence-electron chi connectivity index (χ0n) is 7.96. The molecule has 1 atom stereocenters. The van der Waals surface area contributed by atoms with Gasteiger partial charge in [-0.1, -0.05) is 15.9 Å². The fourth-order valence-electron chi connectivity index (χ4n) is 2.48. The molecule has 1 aromatic carbocycles. The lowest BCUT2D eigenvalue weighted by Crippen LogP contribution is -2.39. The average molecular weight is 253 g/mol. The van der Waals surface area contributed by atoms with Gasteiger partial charge in [-0.3, -0.25) is 0 Å². The molecule has 2 aliphatic heterocycles. The van der Waals surface area contributed by atoms with E-state index in [2.05, 4.69) is 44.3 Å². The molecule has 14 heavy (non-hydrogen) atoms. The number of benzene rings is 1. The zero-order valence-corrected chi connectivity index (χ0v) is 9.55. The Bertz CT molecular complexity index is 364. The highest BCUT2D eigenvalue weighted by molar-refractivity contribution is 9.10. The first kappa shape index (κ1) is 8.60. The molecule has 2 aliphatic rings. The average Bonchev–Trinajstić information content (AvgIpc) is 2.65. The first-order valence-electron chi connectivity index (χ1n) is 5.15.